The third-order valence-corrected chi connectivity index (χ3v) is 3.29. The highest BCUT2D eigenvalue weighted by Gasteiger charge is 2.12. The summed E-state index contributed by atoms with van der Waals surface area (Å²) in [7, 11) is 1.51. The molecule has 3 aromatic rings. The molecule has 0 saturated heterocycles. The molecule has 0 spiro atoms. The van der Waals surface area contributed by atoms with Crippen molar-refractivity contribution in [1.29, 1.82) is 0 Å². The van der Waals surface area contributed by atoms with Crippen molar-refractivity contribution in [3.8, 4) is 22.8 Å². The summed E-state index contributed by atoms with van der Waals surface area (Å²) in [4.78, 5) is 31.7. The number of hydrogen-bond acceptors (Lipinski definition) is 5. The molecule has 23 heavy (non-hydrogen) atoms. The van der Waals surface area contributed by atoms with Crippen LogP contribution in [0.2, 0.25) is 0 Å². The summed E-state index contributed by atoms with van der Waals surface area (Å²) < 4.78 is 6.33. The third-order valence-electron chi connectivity index (χ3n) is 3.29. The fourth-order valence-corrected chi connectivity index (χ4v) is 2.10. The standard InChI is InChI=1S/C15H13N5O3/c1-23-13-6-9(4-5-17-13)11-8-19-20(15(11)22)12-3-2-10(7-18-12)14(16)21/h2-8,19H,1H3,(H2,16,21). The lowest BCUT2D eigenvalue weighted by atomic mass is 10.1. The number of carbonyl (C=O) groups is 1. The first-order valence-electron chi connectivity index (χ1n) is 6.67. The van der Waals surface area contributed by atoms with E-state index in [1.807, 2.05) is 0 Å². The van der Waals surface area contributed by atoms with Crippen LogP contribution in [0, 0.1) is 0 Å². The fraction of sp³-hybridized carbons (Fsp3) is 0.0667. The largest absolute Gasteiger partial charge is 0.481 e. The molecule has 0 aromatic carbocycles. The van der Waals surface area contributed by atoms with Gasteiger partial charge >= 0.3 is 0 Å². The van der Waals surface area contributed by atoms with Crippen LogP contribution in [0.15, 0.2) is 47.7 Å². The van der Waals surface area contributed by atoms with Crippen LogP contribution in [-0.2, 0) is 0 Å². The van der Waals surface area contributed by atoms with E-state index in [0.29, 0.717) is 22.8 Å². The van der Waals surface area contributed by atoms with E-state index in [1.165, 1.54) is 30.1 Å². The van der Waals surface area contributed by atoms with Crippen molar-refractivity contribution in [2.45, 2.75) is 0 Å². The number of nitrogens with two attached hydrogens (primary N) is 1. The van der Waals surface area contributed by atoms with Gasteiger partial charge in [0.15, 0.2) is 5.82 Å². The van der Waals surface area contributed by atoms with Crippen LogP contribution < -0.4 is 16.0 Å². The molecule has 0 aliphatic rings. The Morgan fingerprint density at radius 2 is 2.13 bits per heavy atom. The topological polar surface area (TPSA) is 116 Å². The molecule has 0 saturated carbocycles. The maximum atomic E-state index is 12.5. The number of carbonyl (C=O) groups excluding carboxylic acids is 1. The van der Waals surface area contributed by atoms with Crippen molar-refractivity contribution in [1.82, 2.24) is 19.7 Å². The van der Waals surface area contributed by atoms with Crippen LogP contribution in [0.1, 0.15) is 10.4 Å². The van der Waals surface area contributed by atoms with Crippen LogP contribution in [0.25, 0.3) is 16.9 Å². The lowest BCUT2D eigenvalue weighted by Gasteiger charge is -2.01. The van der Waals surface area contributed by atoms with Gasteiger partial charge in [0.2, 0.25) is 11.8 Å². The molecule has 8 nitrogen and oxygen atoms in total. The molecule has 8 heteroatoms. The van der Waals surface area contributed by atoms with E-state index in [1.54, 1.807) is 24.5 Å². The molecule has 3 aromatic heterocycles. The maximum absolute atomic E-state index is 12.5. The zero-order valence-electron chi connectivity index (χ0n) is 12.2. The number of nitrogens with one attached hydrogen (secondary N) is 1. The lowest BCUT2D eigenvalue weighted by Crippen LogP contribution is -2.18. The van der Waals surface area contributed by atoms with E-state index >= 15 is 0 Å². The van der Waals surface area contributed by atoms with Crippen LogP contribution in [-0.4, -0.2) is 32.8 Å². The van der Waals surface area contributed by atoms with Crippen molar-refractivity contribution in [3.63, 3.8) is 0 Å². The Bertz CT molecular complexity index is 911. The second-order valence-electron chi connectivity index (χ2n) is 4.68. The van der Waals surface area contributed by atoms with Crippen molar-refractivity contribution < 1.29 is 9.53 Å². The number of hydrogen-bond donors (Lipinski definition) is 2. The summed E-state index contributed by atoms with van der Waals surface area (Å²) in [5.41, 5.74) is 6.28. The zero-order chi connectivity index (χ0) is 16.4. The first kappa shape index (κ1) is 14.5. The zero-order valence-corrected chi connectivity index (χ0v) is 12.2. The van der Waals surface area contributed by atoms with E-state index in [2.05, 4.69) is 15.1 Å². The Balaban J connectivity index is 2.02. The maximum Gasteiger partial charge on any atom is 0.280 e. The van der Waals surface area contributed by atoms with E-state index in [0.717, 1.165) is 0 Å². The predicted molar refractivity (Wildman–Crippen MR) is 82.5 cm³/mol. The van der Waals surface area contributed by atoms with Gasteiger partial charge in [-0.25, -0.2) is 14.6 Å². The summed E-state index contributed by atoms with van der Waals surface area (Å²) >= 11 is 0. The summed E-state index contributed by atoms with van der Waals surface area (Å²) in [6.45, 7) is 0. The van der Waals surface area contributed by atoms with Crippen LogP contribution in [0.3, 0.4) is 0 Å². The molecule has 0 radical (unpaired) electrons. The van der Waals surface area contributed by atoms with Gasteiger partial charge < -0.3 is 10.5 Å². The van der Waals surface area contributed by atoms with Crippen molar-refractivity contribution in [2.24, 2.45) is 5.73 Å². The predicted octanol–water partition coefficient (Wildman–Crippen LogP) is 0.730. The number of primary amides is 1. The van der Waals surface area contributed by atoms with E-state index in [4.69, 9.17) is 10.5 Å². The summed E-state index contributed by atoms with van der Waals surface area (Å²) in [5, 5.41) is 2.84. The smallest absolute Gasteiger partial charge is 0.280 e. The molecule has 3 rings (SSSR count). The van der Waals surface area contributed by atoms with Gasteiger partial charge in [-0.15, -0.1) is 0 Å². The van der Waals surface area contributed by atoms with E-state index in [9.17, 15) is 9.59 Å². The van der Waals surface area contributed by atoms with Crippen molar-refractivity contribution >= 4 is 5.91 Å². The van der Waals surface area contributed by atoms with Gasteiger partial charge in [0, 0.05) is 24.7 Å². The quantitative estimate of drug-likeness (QED) is 0.737. The van der Waals surface area contributed by atoms with Crippen molar-refractivity contribution in [2.75, 3.05) is 7.11 Å². The molecule has 0 fully saturated rings. The molecule has 116 valence electrons. The van der Waals surface area contributed by atoms with Crippen LogP contribution >= 0.6 is 0 Å². The molecule has 0 atom stereocenters. The number of ether oxygens (including phenoxy) is 1. The normalized spacial score (nSPS) is 10.5. The van der Waals surface area contributed by atoms with Crippen LogP contribution in [0.5, 0.6) is 5.88 Å². The second-order valence-corrected chi connectivity index (χ2v) is 4.68. The Kier molecular flexibility index (Phi) is 3.63. The molecule has 1 amide bonds. The Hall–Kier alpha value is -3.42. The minimum Gasteiger partial charge on any atom is -0.481 e. The number of aromatic nitrogens is 4. The monoisotopic (exact) mass is 311 g/mol. The fourth-order valence-electron chi connectivity index (χ4n) is 2.10. The minimum atomic E-state index is -0.576. The van der Waals surface area contributed by atoms with Gasteiger partial charge in [0.25, 0.3) is 5.56 Å². The second kappa shape index (κ2) is 5.76. The van der Waals surface area contributed by atoms with Crippen molar-refractivity contribution in [3.05, 3.63) is 58.8 Å². The average Bonchev–Trinajstić information content (AvgIpc) is 2.96. The van der Waals surface area contributed by atoms with E-state index in [-0.39, 0.29) is 11.1 Å². The molecule has 3 heterocycles. The van der Waals surface area contributed by atoms with Gasteiger partial charge in [-0.2, -0.15) is 0 Å². The third kappa shape index (κ3) is 2.69. The summed E-state index contributed by atoms with van der Waals surface area (Å²) in [6, 6.07) is 6.42. The molecule has 0 bridgehead atoms. The Labute approximate surface area is 130 Å². The molecule has 0 aliphatic carbocycles. The first-order chi connectivity index (χ1) is 11.1. The van der Waals surface area contributed by atoms with Gasteiger partial charge in [-0.05, 0) is 23.8 Å². The number of nitrogens with zero attached hydrogens (tertiary/aromatic N) is 3. The van der Waals surface area contributed by atoms with Gasteiger partial charge in [0.1, 0.15) is 0 Å². The number of aromatic amines is 1. The Morgan fingerprint density at radius 3 is 2.78 bits per heavy atom. The summed E-state index contributed by atoms with van der Waals surface area (Å²) in [6.07, 6.45) is 4.45. The molecular weight excluding hydrogens is 298 g/mol. The number of H-pyrrole nitrogens is 1. The molecular formula is C15H13N5O3. The summed E-state index contributed by atoms with van der Waals surface area (Å²) in [5.74, 6) is 0.193. The molecule has 0 aliphatic heterocycles. The average molecular weight is 311 g/mol. The van der Waals surface area contributed by atoms with Crippen LogP contribution in [0.4, 0.5) is 0 Å². The highest BCUT2D eigenvalue weighted by molar-refractivity contribution is 5.92. The first-order valence-corrected chi connectivity index (χ1v) is 6.67. The Morgan fingerprint density at radius 1 is 1.30 bits per heavy atom. The molecule has 0 unspecified atom stereocenters. The number of amides is 1. The van der Waals surface area contributed by atoms with Gasteiger partial charge in [-0.3, -0.25) is 14.7 Å². The minimum absolute atomic E-state index is 0.271. The van der Waals surface area contributed by atoms with Gasteiger partial charge in [-0.1, -0.05) is 0 Å². The lowest BCUT2D eigenvalue weighted by molar-refractivity contribution is 0.1000. The van der Waals surface area contributed by atoms with Gasteiger partial charge in [0.05, 0.1) is 18.2 Å². The van der Waals surface area contributed by atoms with E-state index < -0.39 is 5.91 Å². The highest BCUT2D eigenvalue weighted by atomic mass is 16.5. The SMILES string of the molecule is COc1cc(-c2c[nH]n(-c3ccc(C(N)=O)cn3)c2=O)ccn1. The number of pyridine rings is 2. The highest BCUT2D eigenvalue weighted by Crippen LogP contribution is 2.19. The number of methoxy groups -OCH3 is 1. The molecule has 3 N–H and O–H groups in total. The number of rotatable bonds is 4.